The van der Waals surface area contributed by atoms with Crippen molar-refractivity contribution in [3.05, 3.63) is 30.1 Å². The molecule has 0 saturated heterocycles. The Bertz CT molecular complexity index is 291. The van der Waals surface area contributed by atoms with E-state index in [-0.39, 0.29) is 5.82 Å². The fourth-order valence-corrected chi connectivity index (χ4v) is 1.17. The number of hydrogen-bond acceptors (Lipinski definition) is 2. The van der Waals surface area contributed by atoms with E-state index in [9.17, 15) is 4.39 Å². The highest BCUT2D eigenvalue weighted by Gasteiger charge is 2.01. The van der Waals surface area contributed by atoms with Gasteiger partial charge in [0.05, 0.1) is 0 Å². The van der Waals surface area contributed by atoms with Gasteiger partial charge in [-0.25, -0.2) is 4.39 Å². The third-order valence-electron chi connectivity index (χ3n) is 2.30. The van der Waals surface area contributed by atoms with Crippen molar-refractivity contribution < 1.29 is 9.13 Å². The van der Waals surface area contributed by atoms with E-state index in [1.54, 1.807) is 18.2 Å². The SMILES string of the molecule is CCC(C)NCCOc1ccccc1F. The molecule has 84 valence electrons. The van der Waals surface area contributed by atoms with E-state index >= 15 is 0 Å². The van der Waals surface area contributed by atoms with Gasteiger partial charge in [0.15, 0.2) is 11.6 Å². The third-order valence-corrected chi connectivity index (χ3v) is 2.30. The van der Waals surface area contributed by atoms with E-state index in [0.717, 1.165) is 13.0 Å². The molecule has 3 heteroatoms. The molecule has 15 heavy (non-hydrogen) atoms. The highest BCUT2D eigenvalue weighted by molar-refractivity contribution is 5.23. The van der Waals surface area contributed by atoms with E-state index in [2.05, 4.69) is 19.2 Å². The van der Waals surface area contributed by atoms with Crippen molar-refractivity contribution >= 4 is 0 Å². The summed E-state index contributed by atoms with van der Waals surface area (Å²) in [5, 5.41) is 3.27. The lowest BCUT2D eigenvalue weighted by Crippen LogP contribution is -2.29. The second kappa shape index (κ2) is 6.40. The second-order valence-electron chi connectivity index (χ2n) is 3.54. The topological polar surface area (TPSA) is 21.3 Å². The average molecular weight is 211 g/mol. The molecular weight excluding hydrogens is 193 g/mol. The maximum atomic E-state index is 13.1. The molecule has 0 aliphatic heterocycles. The number of halogens is 1. The molecule has 1 N–H and O–H groups in total. The smallest absolute Gasteiger partial charge is 0.165 e. The van der Waals surface area contributed by atoms with Crippen LogP contribution in [0.25, 0.3) is 0 Å². The van der Waals surface area contributed by atoms with Gasteiger partial charge in [-0.05, 0) is 25.5 Å². The Labute approximate surface area is 90.4 Å². The molecule has 0 fully saturated rings. The molecule has 0 radical (unpaired) electrons. The van der Waals surface area contributed by atoms with Crippen LogP contribution < -0.4 is 10.1 Å². The van der Waals surface area contributed by atoms with Gasteiger partial charge in [0.25, 0.3) is 0 Å². The summed E-state index contributed by atoms with van der Waals surface area (Å²) >= 11 is 0. The first-order valence-electron chi connectivity index (χ1n) is 5.34. The van der Waals surface area contributed by atoms with E-state index in [1.807, 2.05) is 0 Å². The molecule has 0 aliphatic carbocycles. The molecule has 0 heterocycles. The van der Waals surface area contributed by atoms with Crippen molar-refractivity contribution in [1.82, 2.24) is 5.32 Å². The minimum Gasteiger partial charge on any atom is -0.489 e. The molecule has 1 atom stereocenters. The molecular formula is C12H18FNO. The summed E-state index contributed by atoms with van der Waals surface area (Å²) in [6.07, 6.45) is 1.08. The Balaban J connectivity index is 2.23. The summed E-state index contributed by atoms with van der Waals surface area (Å²) < 4.78 is 18.4. The number of benzene rings is 1. The molecule has 0 bridgehead atoms. The zero-order chi connectivity index (χ0) is 11.1. The maximum Gasteiger partial charge on any atom is 0.165 e. The molecule has 1 aromatic carbocycles. The van der Waals surface area contributed by atoms with Crippen molar-refractivity contribution in [2.45, 2.75) is 26.3 Å². The van der Waals surface area contributed by atoms with Crippen LogP contribution in [0.5, 0.6) is 5.75 Å². The number of hydrogen-bond donors (Lipinski definition) is 1. The molecule has 0 spiro atoms. The van der Waals surface area contributed by atoms with Gasteiger partial charge in [-0.3, -0.25) is 0 Å². The summed E-state index contributed by atoms with van der Waals surface area (Å²) in [5.41, 5.74) is 0. The Morgan fingerprint density at radius 3 is 2.80 bits per heavy atom. The highest BCUT2D eigenvalue weighted by atomic mass is 19.1. The summed E-state index contributed by atoms with van der Waals surface area (Å²) in [6, 6.07) is 6.94. The predicted molar refractivity (Wildman–Crippen MR) is 59.7 cm³/mol. The van der Waals surface area contributed by atoms with E-state index in [0.29, 0.717) is 18.4 Å². The lowest BCUT2D eigenvalue weighted by atomic mass is 10.3. The van der Waals surface area contributed by atoms with Crippen LogP contribution >= 0.6 is 0 Å². The van der Waals surface area contributed by atoms with Crippen molar-refractivity contribution in [3.8, 4) is 5.75 Å². The summed E-state index contributed by atoms with van der Waals surface area (Å²) in [4.78, 5) is 0. The summed E-state index contributed by atoms with van der Waals surface area (Å²) in [7, 11) is 0. The molecule has 1 unspecified atom stereocenters. The van der Waals surface area contributed by atoms with Gasteiger partial charge < -0.3 is 10.1 Å². The quantitative estimate of drug-likeness (QED) is 0.730. The number of rotatable bonds is 6. The van der Waals surface area contributed by atoms with Gasteiger partial charge in [0.2, 0.25) is 0 Å². The van der Waals surface area contributed by atoms with Crippen molar-refractivity contribution in [2.75, 3.05) is 13.2 Å². The van der Waals surface area contributed by atoms with Crippen molar-refractivity contribution in [2.24, 2.45) is 0 Å². The van der Waals surface area contributed by atoms with Crippen LogP contribution in [-0.2, 0) is 0 Å². The van der Waals surface area contributed by atoms with Crippen molar-refractivity contribution in [3.63, 3.8) is 0 Å². The average Bonchev–Trinajstić information content (AvgIpc) is 2.26. The van der Waals surface area contributed by atoms with Crippen molar-refractivity contribution in [1.29, 1.82) is 0 Å². The molecule has 1 rings (SSSR count). The largest absolute Gasteiger partial charge is 0.489 e. The maximum absolute atomic E-state index is 13.1. The number of nitrogens with one attached hydrogen (secondary N) is 1. The predicted octanol–water partition coefficient (Wildman–Crippen LogP) is 2.59. The van der Waals surface area contributed by atoms with E-state index in [4.69, 9.17) is 4.74 Å². The number of ether oxygens (including phenoxy) is 1. The molecule has 0 aliphatic rings. The fraction of sp³-hybridized carbons (Fsp3) is 0.500. The Morgan fingerprint density at radius 2 is 2.13 bits per heavy atom. The summed E-state index contributed by atoms with van der Waals surface area (Å²) in [5.74, 6) is 0.0180. The minimum absolute atomic E-state index is 0.305. The number of para-hydroxylation sites is 1. The standard InChI is InChI=1S/C12H18FNO/c1-3-10(2)14-8-9-15-12-7-5-4-6-11(12)13/h4-7,10,14H,3,8-9H2,1-2H3. The Hall–Kier alpha value is -1.09. The van der Waals surface area contributed by atoms with Crippen LogP contribution in [0.1, 0.15) is 20.3 Å². The first-order chi connectivity index (χ1) is 7.24. The zero-order valence-electron chi connectivity index (χ0n) is 9.29. The molecule has 0 saturated carbocycles. The lowest BCUT2D eigenvalue weighted by molar-refractivity contribution is 0.292. The van der Waals surface area contributed by atoms with Crippen LogP contribution in [0.15, 0.2) is 24.3 Å². The second-order valence-corrected chi connectivity index (χ2v) is 3.54. The van der Waals surface area contributed by atoms with Crippen LogP contribution in [0.2, 0.25) is 0 Å². The normalized spacial score (nSPS) is 12.5. The molecule has 0 aromatic heterocycles. The van der Waals surface area contributed by atoms with Gasteiger partial charge in [-0.2, -0.15) is 0 Å². The fourth-order valence-electron chi connectivity index (χ4n) is 1.17. The monoisotopic (exact) mass is 211 g/mol. The van der Waals surface area contributed by atoms with Gasteiger partial charge in [0, 0.05) is 12.6 Å². The first-order valence-corrected chi connectivity index (χ1v) is 5.34. The van der Waals surface area contributed by atoms with E-state index in [1.165, 1.54) is 6.07 Å². The van der Waals surface area contributed by atoms with Crippen LogP contribution in [0.4, 0.5) is 4.39 Å². The van der Waals surface area contributed by atoms with Gasteiger partial charge in [-0.15, -0.1) is 0 Å². The molecule has 2 nitrogen and oxygen atoms in total. The minimum atomic E-state index is -0.305. The van der Waals surface area contributed by atoms with E-state index < -0.39 is 0 Å². The molecule has 1 aromatic rings. The Morgan fingerprint density at radius 1 is 1.40 bits per heavy atom. The molecule has 0 amide bonds. The summed E-state index contributed by atoms with van der Waals surface area (Å²) in [6.45, 7) is 5.47. The third kappa shape index (κ3) is 4.30. The van der Waals surface area contributed by atoms with Gasteiger partial charge in [-0.1, -0.05) is 19.1 Å². The van der Waals surface area contributed by atoms with Gasteiger partial charge in [0.1, 0.15) is 6.61 Å². The highest BCUT2D eigenvalue weighted by Crippen LogP contribution is 2.14. The van der Waals surface area contributed by atoms with Crippen LogP contribution in [0, 0.1) is 5.82 Å². The van der Waals surface area contributed by atoms with Gasteiger partial charge >= 0.3 is 0 Å². The van der Waals surface area contributed by atoms with Crippen LogP contribution in [0.3, 0.4) is 0 Å². The van der Waals surface area contributed by atoms with Crippen LogP contribution in [-0.4, -0.2) is 19.2 Å². The Kier molecular flexibility index (Phi) is 5.12. The lowest BCUT2D eigenvalue weighted by Gasteiger charge is -2.12. The zero-order valence-corrected chi connectivity index (χ0v) is 9.29. The first kappa shape index (κ1) is 12.0.